The number of hydroxylamine groups is 2. The van der Waals surface area contributed by atoms with E-state index in [-0.39, 0.29) is 5.70 Å². The molecule has 0 aliphatic carbocycles. The highest BCUT2D eigenvalue weighted by Gasteiger charge is 2.26. The van der Waals surface area contributed by atoms with Crippen LogP contribution in [0.5, 0.6) is 0 Å². The molecule has 0 bridgehead atoms. The van der Waals surface area contributed by atoms with E-state index >= 15 is 0 Å². The van der Waals surface area contributed by atoms with E-state index in [1.54, 1.807) is 6.92 Å². The average Bonchev–Trinajstić information content (AvgIpc) is 2.10. The van der Waals surface area contributed by atoms with Crippen molar-refractivity contribution >= 4 is 5.91 Å². The van der Waals surface area contributed by atoms with Crippen molar-refractivity contribution in [1.29, 1.82) is 0 Å². The molecule has 1 atom stereocenters. The van der Waals surface area contributed by atoms with Crippen LogP contribution in [-0.2, 0) is 4.79 Å². The maximum Gasteiger partial charge on any atom is 0.246 e. The molecule has 1 unspecified atom stereocenters. The molecule has 4 N–H and O–H groups in total. The third-order valence-corrected chi connectivity index (χ3v) is 2.40. The number of hydrogen-bond acceptors (Lipinski definition) is 4. The summed E-state index contributed by atoms with van der Waals surface area (Å²) in [5.74, 6) is -0.581. The fourth-order valence-electron chi connectivity index (χ4n) is 1.70. The highest BCUT2D eigenvalue weighted by atomic mass is 16.5. The van der Waals surface area contributed by atoms with E-state index in [0.29, 0.717) is 31.4 Å². The number of hydrogen-bond donors (Lipinski definition) is 3. The quantitative estimate of drug-likeness (QED) is 0.547. The van der Waals surface area contributed by atoms with Crippen molar-refractivity contribution in [1.82, 2.24) is 5.06 Å². The largest absolute Gasteiger partial charge is 0.387 e. The van der Waals surface area contributed by atoms with Crippen molar-refractivity contribution in [3.8, 4) is 0 Å². The number of piperidine rings is 1. The summed E-state index contributed by atoms with van der Waals surface area (Å²) in [7, 11) is 0. The fraction of sp³-hybridized carbons (Fsp3) is 0.667. The van der Waals surface area contributed by atoms with E-state index in [1.165, 1.54) is 0 Å². The maximum atomic E-state index is 11.0. The number of rotatable bonds is 2. The van der Waals surface area contributed by atoms with Gasteiger partial charge in [0.05, 0.1) is 11.8 Å². The number of nitrogens with zero attached hydrogens (tertiary/aromatic N) is 1. The van der Waals surface area contributed by atoms with Crippen LogP contribution >= 0.6 is 0 Å². The number of carbonyl (C=O) groups is 1. The van der Waals surface area contributed by atoms with Gasteiger partial charge >= 0.3 is 0 Å². The summed E-state index contributed by atoms with van der Waals surface area (Å²) in [5, 5.41) is 20.0. The smallest absolute Gasteiger partial charge is 0.246 e. The Bertz CT molecular complexity index is 251. The van der Waals surface area contributed by atoms with E-state index in [0.717, 1.165) is 5.06 Å². The predicted octanol–water partition coefficient (Wildman–Crippen LogP) is -0.0183. The summed E-state index contributed by atoms with van der Waals surface area (Å²) in [5.41, 5.74) is 5.73. The second-order valence-electron chi connectivity index (χ2n) is 3.36. The SMILES string of the molecule is CC/C(C(N)=O)=C1/C(O)CCCN1O. The van der Waals surface area contributed by atoms with Gasteiger partial charge in [-0.3, -0.25) is 15.1 Å². The Hall–Kier alpha value is -1.07. The van der Waals surface area contributed by atoms with E-state index in [4.69, 9.17) is 5.73 Å². The average molecular weight is 200 g/mol. The van der Waals surface area contributed by atoms with Gasteiger partial charge in [-0.25, -0.2) is 0 Å². The highest BCUT2D eigenvalue weighted by Crippen LogP contribution is 2.23. The lowest BCUT2D eigenvalue weighted by Crippen LogP contribution is -2.36. The molecule has 14 heavy (non-hydrogen) atoms. The first-order chi connectivity index (χ1) is 6.57. The van der Waals surface area contributed by atoms with Crippen molar-refractivity contribution in [2.45, 2.75) is 32.3 Å². The Morgan fingerprint density at radius 1 is 1.71 bits per heavy atom. The molecule has 1 heterocycles. The standard InChI is InChI=1S/C9H16N2O3/c1-2-6(9(10)13)8-7(12)4-3-5-11(8)14/h7,12,14H,2-5H2,1H3,(H2,10,13)/b8-6+. The lowest BCUT2D eigenvalue weighted by molar-refractivity contribution is -0.117. The second kappa shape index (κ2) is 4.43. The monoisotopic (exact) mass is 200 g/mol. The van der Waals surface area contributed by atoms with Crippen molar-refractivity contribution in [3.63, 3.8) is 0 Å². The molecule has 0 aromatic carbocycles. The van der Waals surface area contributed by atoms with Gasteiger partial charge < -0.3 is 10.8 Å². The van der Waals surface area contributed by atoms with Crippen LogP contribution in [0.1, 0.15) is 26.2 Å². The van der Waals surface area contributed by atoms with E-state index < -0.39 is 12.0 Å². The first-order valence-corrected chi connectivity index (χ1v) is 4.75. The second-order valence-corrected chi connectivity index (χ2v) is 3.36. The number of nitrogens with two attached hydrogens (primary N) is 1. The molecule has 1 aliphatic rings. The molecule has 80 valence electrons. The number of primary amides is 1. The number of aliphatic hydroxyl groups excluding tert-OH is 1. The molecule has 1 rings (SSSR count). The van der Waals surface area contributed by atoms with E-state index in [9.17, 15) is 15.1 Å². The lowest BCUT2D eigenvalue weighted by Gasteiger charge is -2.31. The molecule has 0 saturated carbocycles. The molecule has 0 aromatic heterocycles. The molecule has 1 amide bonds. The summed E-state index contributed by atoms with van der Waals surface area (Å²) in [6.45, 7) is 2.20. The molecule has 5 nitrogen and oxygen atoms in total. The van der Waals surface area contributed by atoms with Crippen LogP contribution in [-0.4, -0.2) is 33.9 Å². The molecule has 0 aromatic rings. The minimum absolute atomic E-state index is 0.270. The van der Waals surface area contributed by atoms with Gasteiger partial charge in [0.1, 0.15) is 0 Å². The molecular formula is C9H16N2O3. The van der Waals surface area contributed by atoms with Crippen molar-refractivity contribution in [2.24, 2.45) is 5.73 Å². The Kier molecular flexibility index (Phi) is 3.49. The maximum absolute atomic E-state index is 11.0. The molecule has 5 heteroatoms. The van der Waals surface area contributed by atoms with Crippen LogP contribution in [0.25, 0.3) is 0 Å². The van der Waals surface area contributed by atoms with E-state index in [2.05, 4.69) is 0 Å². The minimum Gasteiger partial charge on any atom is -0.387 e. The third-order valence-electron chi connectivity index (χ3n) is 2.40. The van der Waals surface area contributed by atoms with Crippen molar-refractivity contribution in [2.75, 3.05) is 6.54 Å². The van der Waals surface area contributed by atoms with Crippen LogP contribution < -0.4 is 5.73 Å². The molecule has 1 fully saturated rings. The number of amides is 1. The van der Waals surface area contributed by atoms with Gasteiger partial charge in [0.15, 0.2) is 0 Å². The Morgan fingerprint density at radius 3 is 2.79 bits per heavy atom. The summed E-state index contributed by atoms with van der Waals surface area (Å²) >= 11 is 0. The third kappa shape index (κ3) is 2.05. The fourth-order valence-corrected chi connectivity index (χ4v) is 1.70. The zero-order valence-corrected chi connectivity index (χ0v) is 8.23. The zero-order valence-electron chi connectivity index (χ0n) is 8.23. The zero-order chi connectivity index (χ0) is 10.7. The van der Waals surface area contributed by atoms with E-state index in [1.807, 2.05) is 0 Å². The summed E-state index contributed by atoms with van der Waals surface area (Å²) in [6, 6.07) is 0. The topological polar surface area (TPSA) is 86.8 Å². The molecule has 1 aliphatic heterocycles. The van der Waals surface area contributed by atoms with Crippen LogP contribution in [0.2, 0.25) is 0 Å². The highest BCUT2D eigenvalue weighted by molar-refractivity contribution is 5.92. The normalized spacial score (nSPS) is 26.2. The summed E-state index contributed by atoms with van der Waals surface area (Å²) < 4.78 is 0. The van der Waals surface area contributed by atoms with Crippen LogP contribution in [0.3, 0.4) is 0 Å². The first kappa shape index (κ1) is 11.0. The minimum atomic E-state index is -0.781. The van der Waals surface area contributed by atoms with Gasteiger partial charge in [-0.15, -0.1) is 0 Å². The number of carbonyl (C=O) groups excluding carboxylic acids is 1. The molecular weight excluding hydrogens is 184 g/mol. The molecule has 0 spiro atoms. The van der Waals surface area contributed by atoms with Crippen molar-refractivity contribution in [3.05, 3.63) is 11.3 Å². The predicted molar refractivity (Wildman–Crippen MR) is 50.2 cm³/mol. The van der Waals surface area contributed by atoms with Crippen LogP contribution in [0.15, 0.2) is 11.3 Å². The van der Waals surface area contributed by atoms with Gasteiger partial charge in [-0.05, 0) is 19.3 Å². The summed E-state index contributed by atoms with van der Waals surface area (Å²) in [6.07, 6.45) is 0.898. The Morgan fingerprint density at radius 2 is 2.36 bits per heavy atom. The summed E-state index contributed by atoms with van der Waals surface area (Å²) in [4.78, 5) is 11.0. The van der Waals surface area contributed by atoms with Crippen LogP contribution in [0, 0.1) is 0 Å². The van der Waals surface area contributed by atoms with Crippen molar-refractivity contribution < 1.29 is 15.1 Å². The van der Waals surface area contributed by atoms with Gasteiger partial charge in [-0.2, -0.15) is 0 Å². The van der Waals surface area contributed by atoms with Crippen LogP contribution in [0.4, 0.5) is 0 Å². The Labute approximate surface area is 82.8 Å². The number of aliphatic hydroxyl groups is 1. The van der Waals surface area contributed by atoms with Gasteiger partial charge in [0, 0.05) is 12.1 Å². The molecule has 1 saturated heterocycles. The lowest BCUT2D eigenvalue weighted by atomic mass is 9.99. The van der Waals surface area contributed by atoms with Gasteiger partial charge in [-0.1, -0.05) is 6.92 Å². The molecule has 0 radical (unpaired) electrons. The van der Waals surface area contributed by atoms with Gasteiger partial charge in [0.2, 0.25) is 5.91 Å². The Balaban J connectivity index is 3.04. The van der Waals surface area contributed by atoms with Gasteiger partial charge in [0.25, 0.3) is 0 Å². The first-order valence-electron chi connectivity index (χ1n) is 4.75.